The quantitative estimate of drug-likeness (QED) is 0.691. The van der Waals surface area contributed by atoms with Gasteiger partial charge in [0, 0.05) is 25.5 Å². The number of hydrogen-bond acceptors (Lipinski definition) is 3. The summed E-state index contributed by atoms with van der Waals surface area (Å²) in [6, 6.07) is 19.5. The topological polar surface area (TPSA) is 58.4 Å². The lowest BCUT2D eigenvalue weighted by atomic mass is 10.0. The second kappa shape index (κ2) is 7.91. The SMILES string of the molecule is Cc1ccc(N2CC(Cc3ccccc3)N(C(=O)c3ccn(C)n3)CC2=O)cc1. The Labute approximate surface area is 170 Å². The molecular formula is C23H24N4O2. The smallest absolute Gasteiger partial charge is 0.275 e. The molecule has 1 unspecified atom stereocenters. The second-order valence-corrected chi connectivity index (χ2v) is 7.49. The van der Waals surface area contributed by atoms with E-state index in [-0.39, 0.29) is 24.4 Å². The lowest BCUT2D eigenvalue weighted by Crippen LogP contribution is -2.59. The molecule has 1 saturated heterocycles. The molecule has 29 heavy (non-hydrogen) atoms. The molecule has 0 radical (unpaired) electrons. The van der Waals surface area contributed by atoms with E-state index in [0.717, 1.165) is 16.8 Å². The number of aromatic nitrogens is 2. The average molecular weight is 388 g/mol. The minimum Gasteiger partial charge on any atom is -0.323 e. The third kappa shape index (κ3) is 4.06. The Balaban J connectivity index is 1.64. The Morgan fingerprint density at radius 1 is 1.07 bits per heavy atom. The van der Waals surface area contributed by atoms with Gasteiger partial charge in [0.1, 0.15) is 12.2 Å². The summed E-state index contributed by atoms with van der Waals surface area (Å²) in [4.78, 5) is 29.5. The molecule has 3 aromatic rings. The summed E-state index contributed by atoms with van der Waals surface area (Å²) >= 11 is 0. The van der Waals surface area contributed by atoms with Gasteiger partial charge in [-0.15, -0.1) is 0 Å². The minimum absolute atomic E-state index is 0.0424. The van der Waals surface area contributed by atoms with Gasteiger partial charge in [-0.3, -0.25) is 14.3 Å². The third-order valence-corrected chi connectivity index (χ3v) is 5.29. The number of carbonyl (C=O) groups excluding carboxylic acids is 2. The number of nitrogens with zero attached hydrogens (tertiary/aromatic N) is 4. The van der Waals surface area contributed by atoms with Crippen molar-refractivity contribution in [1.29, 1.82) is 0 Å². The van der Waals surface area contributed by atoms with E-state index in [1.807, 2.05) is 49.4 Å². The molecule has 2 amide bonds. The Morgan fingerprint density at radius 2 is 1.79 bits per heavy atom. The van der Waals surface area contributed by atoms with Crippen LogP contribution < -0.4 is 4.90 Å². The van der Waals surface area contributed by atoms with Crippen molar-refractivity contribution in [2.24, 2.45) is 7.05 Å². The van der Waals surface area contributed by atoms with Gasteiger partial charge in [0.2, 0.25) is 5.91 Å². The Kier molecular flexibility index (Phi) is 5.16. The van der Waals surface area contributed by atoms with Crippen LogP contribution in [0.25, 0.3) is 0 Å². The first-order valence-corrected chi connectivity index (χ1v) is 9.73. The monoisotopic (exact) mass is 388 g/mol. The molecule has 1 atom stereocenters. The fourth-order valence-corrected chi connectivity index (χ4v) is 3.72. The molecule has 6 heteroatoms. The molecule has 2 heterocycles. The fourth-order valence-electron chi connectivity index (χ4n) is 3.72. The van der Waals surface area contributed by atoms with Gasteiger partial charge in [0.25, 0.3) is 5.91 Å². The zero-order chi connectivity index (χ0) is 20.4. The normalized spacial score (nSPS) is 16.9. The van der Waals surface area contributed by atoms with Gasteiger partial charge in [-0.25, -0.2) is 0 Å². The van der Waals surface area contributed by atoms with Crippen LogP contribution in [-0.2, 0) is 18.3 Å². The van der Waals surface area contributed by atoms with Crippen LogP contribution in [0.4, 0.5) is 5.69 Å². The number of amides is 2. The van der Waals surface area contributed by atoms with E-state index in [4.69, 9.17) is 0 Å². The molecular weight excluding hydrogens is 364 g/mol. The highest BCUT2D eigenvalue weighted by molar-refractivity contribution is 6.01. The predicted octanol–water partition coefficient (Wildman–Crippen LogP) is 2.83. The number of aryl methyl sites for hydroxylation is 2. The first kappa shape index (κ1) is 18.9. The van der Waals surface area contributed by atoms with Crippen LogP contribution in [0, 0.1) is 6.92 Å². The van der Waals surface area contributed by atoms with E-state index in [1.54, 1.807) is 33.8 Å². The maximum absolute atomic E-state index is 13.1. The van der Waals surface area contributed by atoms with Crippen LogP contribution in [0.5, 0.6) is 0 Å². The standard InChI is InChI=1S/C23H24N4O2/c1-17-8-10-19(11-9-17)26-15-20(14-18-6-4-3-5-7-18)27(16-22(26)28)23(29)21-12-13-25(2)24-21/h3-13,20H,14-16H2,1-2H3. The third-order valence-electron chi connectivity index (χ3n) is 5.29. The van der Waals surface area contributed by atoms with Crippen LogP contribution in [-0.4, -0.2) is 45.6 Å². The number of anilines is 1. The van der Waals surface area contributed by atoms with Crippen LogP contribution >= 0.6 is 0 Å². The molecule has 1 aromatic heterocycles. The van der Waals surface area contributed by atoms with Gasteiger partial charge >= 0.3 is 0 Å². The van der Waals surface area contributed by atoms with E-state index in [2.05, 4.69) is 17.2 Å². The van der Waals surface area contributed by atoms with E-state index in [0.29, 0.717) is 18.7 Å². The highest BCUT2D eigenvalue weighted by atomic mass is 16.2. The molecule has 0 spiro atoms. The highest BCUT2D eigenvalue weighted by Crippen LogP contribution is 2.24. The van der Waals surface area contributed by atoms with Crippen molar-refractivity contribution in [3.63, 3.8) is 0 Å². The maximum Gasteiger partial charge on any atom is 0.275 e. The summed E-state index contributed by atoms with van der Waals surface area (Å²) in [6.45, 7) is 2.52. The molecule has 4 rings (SSSR count). The number of benzene rings is 2. The molecule has 0 aliphatic carbocycles. The summed E-state index contributed by atoms with van der Waals surface area (Å²) in [5.74, 6) is -0.286. The first-order chi connectivity index (χ1) is 14.0. The molecule has 1 aliphatic heterocycles. The zero-order valence-corrected chi connectivity index (χ0v) is 16.7. The summed E-state index contributed by atoms with van der Waals surface area (Å²) < 4.78 is 1.60. The summed E-state index contributed by atoms with van der Waals surface area (Å²) in [7, 11) is 1.78. The van der Waals surface area contributed by atoms with Gasteiger partial charge < -0.3 is 9.80 Å². The first-order valence-electron chi connectivity index (χ1n) is 9.73. The van der Waals surface area contributed by atoms with Crippen molar-refractivity contribution in [3.05, 3.63) is 83.7 Å². The summed E-state index contributed by atoms with van der Waals surface area (Å²) in [6.07, 6.45) is 2.42. The number of piperazine rings is 1. The largest absolute Gasteiger partial charge is 0.323 e. The van der Waals surface area contributed by atoms with Crippen molar-refractivity contribution < 1.29 is 9.59 Å². The average Bonchev–Trinajstić information content (AvgIpc) is 3.16. The van der Waals surface area contributed by atoms with E-state index < -0.39 is 0 Å². The second-order valence-electron chi connectivity index (χ2n) is 7.49. The molecule has 0 bridgehead atoms. The molecule has 6 nitrogen and oxygen atoms in total. The Hall–Kier alpha value is -3.41. The lowest BCUT2D eigenvalue weighted by Gasteiger charge is -2.41. The van der Waals surface area contributed by atoms with E-state index in [1.165, 1.54) is 0 Å². The molecule has 2 aromatic carbocycles. The van der Waals surface area contributed by atoms with Crippen LogP contribution in [0.2, 0.25) is 0 Å². The van der Waals surface area contributed by atoms with Crippen LogP contribution in [0.15, 0.2) is 66.9 Å². The molecule has 148 valence electrons. The van der Waals surface area contributed by atoms with E-state index >= 15 is 0 Å². The number of hydrogen-bond donors (Lipinski definition) is 0. The van der Waals surface area contributed by atoms with Crippen molar-refractivity contribution in [3.8, 4) is 0 Å². The van der Waals surface area contributed by atoms with Gasteiger partial charge in [-0.2, -0.15) is 5.10 Å². The van der Waals surface area contributed by atoms with Gasteiger partial charge in [0.05, 0.1) is 6.04 Å². The Morgan fingerprint density at radius 3 is 2.45 bits per heavy atom. The Bertz CT molecular complexity index is 1010. The molecule has 0 N–H and O–H groups in total. The van der Waals surface area contributed by atoms with Crippen molar-refractivity contribution in [2.45, 2.75) is 19.4 Å². The number of rotatable bonds is 4. The number of carbonyl (C=O) groups is 2. The predicted molar refractivity (Wildman–Crippen MR) is 112 cm³/mol. The summed E-state index contributed by atoms with van der Waals surface area (Å²) in [5, 5.41) is 4.24. The summed E-state index contributed by atoms with van der Waals surface area (Å²) in [5.41, 5.74) is 3.51. The minimum atomic E-state index is -0.205. The van der Waals surface area contributed by atoms with Crippen LogP contribution in [0.1, 0.15) is 21.6 Å². The molecule has 0 saturated carbocycles. The van der Waals surface area contributed by atoms with Gasteiger partial charge in [-0.1, -0.05) is 48.0 Å². The fraction of sp³-hybridized carbons (Fsp3) is 0.261. The van der Waals surface area contributed by atoms with Crippen molar-refractivity contribution in [2.75, 3.05) is 18.0 Å². The zero-order valence-electron chi connectivity index (χ0n) is 16.7. The highest BCUT2D eigenvalue weighted by Gasteiger charge is 2.36. The maximum atomic E-state index is 13.1. The van der Waals surface area contributed by atoms with Crippen molar-refractivity contribution in [1.82, 2.24) is 14.7 Å². The van der Waals surface area contributed by atoms with E-state index in [9.17, 15) is 9.59 Å². The lowest BCUT2D eigenvalue weighted by molar-refractivity contribution is -0.121. The molecule has 1 fully saturated rings. The van der Waals surface area contributed by atoms with Gasteiger partial charge in [-0.05, 0) is 37.1 Å². The molecule has 1 aliphatic rings. The van der Waals surface area contributed by atoms with Crippen molar-refractivity contribution >= 4 is 17.5 Å². The van der Waals surface area contributed by atoms with Gasteiger partial charge in [0.15, 0.2) is 0 Å². The van der Waals surface area contributed by atoms with Crippen LogP contribution in [0.3, 0.4) is 0 Å².